The van der Waals surface area contributed by atoms with E-state index >= 15 is 0 Å². The van der Waals surface area contributed by atoms with Crippen molar-refractivity contribution in [3.05, 3.63) is 58.7 Å². The van der Waals surface area contributed by atoms with E-state index in [4.69, 9.17) is 28.9 Å². The van der Waals surface area contributed by atoms with Crippen LogP contribution in [-0.2, 0) is 0 Å². The van der Waals surface area contributed by atoms with Crippen LogP contribution < -0.4 is 11.1 Å². The zero-order chi connectivity index (χ0) is 17.1. The van der Waals surface area contributed by atoms with Crippen molar-refractivity contribution in [3.63, 3.8) is 0 Å². The van der Waals surface area contributed by atoms with Crippen molar-refractivity contribution < 1.29 is 5.11 Å². The highest BCUT2D eigenvalue weighted by Crippen LogP contribution is 2.38. The maximum atomic E-state index is 9.37. The van der Waals surface area contributed by atoms with E-state index in [0.717, 1.165) is 15.5 Å². The van der Waals surface area contributed by atoms with Gasteiger partial charge in [0.15, 0.2) is 0 Å². The monoisotopic (exact) mass is 378 g/mol. The molecule has 0 aliphatic carbocycles. The molecule has 0 atom stereocenters. The van der Waals surface area contributed by atoms with Crippen molar-refractivity contribution in [3.8, 4) is 5.75 Å². The summed E-state index contributed by atoms with van der Waals surface area (Å²) in [5.41, 5.74) is 6.45. The second-order valence-corrected chi connectivity index (χ2v) is 6.72. The number of aromatic nitrogens is 2. The zero-order valence-corrected chi connectivity index (χ0v) is 14.5. The van der Waals surface area contributed by atoms with Gasteiger partial charge in [-0.25, -0.2) is 4.98 Å². The Morgan fingerprint density at radius 1 is 1.04 bits per heavy atom. The third-order valence-corrected chi connectivity index (χ3v) is 4.77. The predicted molar refractivity (Wildman–Crippen MR) is 98.4 cm³/mol. The number of nitrogens with two attached hydrogens (primary N) is 1. The van der Waals surface area contributed by atoms with Gasteiger partial charge in [-0.1, -0.05) is 35.0 Å². The summed E-state index contributed by atoms with van der Waals surface area (Å²) in [5, 5.41) is 13.6. The van der Waals surface area contributed by atoms with Gasteiger partial charge in [-0.05, 0) is 42.5 Å². The Kier molecular flexibility index (Phi) is 4.99. The highest BCUT2D eigenvalue weighted by molar-refractivity contribution is 7.99. The van der Waals surface area contributed by atoms with Crippen LogP contribution in [0.1, 0.15) is 0 Å². The summed E-state index contributed by atoms with van der Waals surface area (Å²) >= 11 is 13.5. The van der Waals surface area contributed by atoms with E-state index in [9.17, 15) is 5.11 Å². The Hall–Kier alpha value is -2.15. The van der Waals surface area contributed by atoms with Gasteiger partial charge in [-0.2, -0.15) is 4.98 Å². The molecule has 0 aliphatic rings. The summed E-state index contributed by atoms with van der Waals surface area (Å²) < 4.78 is 0. The van der Waals surface area contributed by atoms with E-state index in [0.29, 0.717) is 15.9 Å². The third-order valence-electron chi connectivity index (χ3n) is 3.02. The smallest absolute Gasteiger partial charge is 0.222 e. The van der Waals surface area contributed by atoms with Crippen molar-refractivity contribution >= 4 is 52.4 Å². The molecule has 8 heteroatoms. The molecule has 5 nitrogen and oxygen atoms in total. The first kappa shape index (κ1) is 16.7. The number of anilines is 3. The summed E-state index contributed by atoms with van der Waals surface area (Å²) in [6.07, 6.45) is 1.63. The minimum Gasteiger partial charge on any atom is -0.508 e. The number of phenolic OH excluding ortho intramolecular Hbond substituents is 1. The molecule has 0 unspecified atom stereocenters. The van der Waals surface area contributed by atoms with Crippen LogP contribution >= 0.6 is 35.0 Å². The number of halogens is 2. The zero-order valence-electron chi connectivity index (χ0n) is 12.2. The molecule has 0 saturated heterocycles. The van der Waals surface area contributed by atoms with Crippen molar-refractivity contribution in [1.29, 1.82) is 0 Å². The molecule has 24 heavy (non-hydrogen) atoms. The summed E-state index contributed by atoms with van der Waals surface area (Å²) in [4.78, 5) is 9.85. The lowest BCUT2D eigenvalue weighted by atomic mass is 10.3. The number of aromatic hydroxyl groups is 1. The molecule has 1 heterocycles. The van der Waals surface area contributed by atoms with Gasteiger partial charge in [0.2, 0.25) is 5.95 Å². The third kappa shape index (κ3) is 4.03. The number of hydrogen-bond donors (Lipinski definition) is 3. The van der Waals surface area contributed by atoms with Gasteiger partial charge < -0.3 is 16.2 Å². The normalized spacial score (nSPS) is 10.6. The van der Waals surface area contributed by atoms with E-state index < -0.39 is 0 Å². The number of hydrogen-bond acceptors (Lipinski definition) is 6. The quantitative estimate of drug-likeness (QED) is 0.556. The van der Waals surface area contributed by atoms with Gasteiger partial charge in [0.1, 0.15) is 11.6 Å². The Morgan fingerprint density at radius 3 is 2.50 bits per heavy atom. The van der Waals surface area contributed by atoms with Crippen LogP contribution in [0.4, 0.5) is 17.5 Å². The van der Waals surface area contributed by atoms with Crippen molar-refractivity contribution in [2.24, 2.45) is 0 Å². The van der Waals surface area contributed by atoms with E-state index in [2.05, 4.69) is 15.3 Å². The summed E-state index contributed by atoms with van der Waals surface area (Å²) in [6, 6.07) is 11.9. The van der Waals surface area contributed by atoms with Crippen LogP contribution in [0.25, 0.3) is 0 Å². The summed E-state index contributed by atoms with van der Waals surface area (Å²) in [5.74, 6) is 0.886. The lowest BCUT2D eigenvalue weighted by Crippen LogP contribution is -2.01. The van der Waals surface area contributed by atoms with Gasteiger partial charge in [-0.3, -0.25) is 0 Å². The fourth-order valence-electron chi connectivity index (χ4n) is 1.91. The average molecular weight is 379 g/mol. The number of nitrogen functional groups attached to an aromatic ring is 1. The Bertz CT molecular complexity index is 874. The van der Waals surface area contributed by atoms with Crippen LogP contribution in [0.5, 0.6) is 5.75 Å². The summed E-state index contributed by atoms with van der Waals surface area (Å²) in [6.45, 7) is 0. The van der Waals surface area contributed by atoms with Gasteiger partial charge >= 0.3 is 0 Å². The molecule has 0 bridgehead atoms. The Balaban J connectivity index is 1.91. The molecule has 0 spiro atoms. The van der Waals surface area contributed by atoms with E-state index in [-0.39, 0.29) is 11.7 Å². The average Bonchev–Trinajstić information content (AvgIpc) is 2.54. The lowest BCUT2D eigenvalue weighted by Gasteiger charge is -2.12. The van der Waals surface area contributed by atoms with E-state index in [1.54, 1.807) is 42.6 Å². The minimum atomic E-state index is 0.155. The Labute approximate surface area is 152 Å². The fraction of sp³-hybridized carbons (Fsp3) is 0. The minimum absolute atomic E-state index is 0.155. The van der Waals surface area contributed by atoms with Crippen LogP contribution in [0, 0.1) is 0 Å². The SMILES string of the molecule is Nc1ncc(Sc2ccc(Cl)cc2Cl)c(Nc2ccc(O)cc2)n1. The first-order valence-corrected chi connectivity index (χ1v) is 8.40. The molecule has 3 aromatic rings. The molecule has 0 radical (unpaired) electrons. The number of benzene rings is 2. The topological polar surface area (TPSA) is 84.1 Å². The van der Waals surface area contributed by atoms with Crippen LogP contribution in [0.15, 0.2) is 58.5 Å². The summed E-state index contributed by atoms with van der Waals surface area (Å²) in [7, 11) is 0. The number of nitrogens with zero attached hydrogens (tertiary/aromatic N) is 2. The van der Waals surface area contributed by atoms with E-state index in [1.807, 2.05) is 6.07 Å². The Morgan fingerprint density at radius 2 is 1.79 bits per heavy atom. The molecule has 0 amide bonds. The van der Waals surface area contributed by atoms with Gasteiger partial charge in [-0.15, -0.1) is 0 Å². The molecule has 122 valence electrons. The molecule has 2 aromatic carbocycles. The van der Waals surface area contributed by atoms with E-state index in [1.165, 1.54) is 11.8 Å². The molecule has 1 aromatic heterocycles. The molecular weight excluding hydrogens is 367 g/mol. The molecule has 0 aliphatic heterocycles. The van der Waals surface area contributed by atoms with Crippen LogP contribution in [-0.4, -0.2) is 15.1 Å². The lowest BCUT2D eigenvalue weighted by molar-refractivity contribution is 0.475. The number of rotatable bonds is 4. The maximum absolute atomic E-state index is 9.37. The van der Waals surface area contributed by atoms with Gasteiger partial charge in [0.25, 0.3) is 0 Å². The fourth-order valence-corrected chi connectivity index (χ4v) is 3.26. The molecule has 3 rings (SSSR count). The van der Waals surface area contributed by atoms with Crippen molar-refractivity contribution in [2.45, 2.75) is 9.79 Å². The number of phenols is 1. The molecule has 0 fully saturated rings. The molecule has 0 saturated carbocycles. The number of nitrogens with one attached hydrogen (secondary N) is 1. The standard InChI is InChI=1S/C16H12Cl2N4OS/c17-9-1-6-13(12(18)7-9)24-14-8-20-16(19)22-15(14)21-10-2-4-11(23)5-3-10/h1-8,23H,(H3,19,20,21,22). The van der Waals surface area contributed by atoms with Crippen LogP contribution in [0.3, 0.4) is 0 Å². The second kappa shape index (κ2) is 7.17. The molecule has 4 N–H and O–H groups in total. The van der Waals surface area contributed by atoms with Crippen molar-refractivity contribution in [1.82, 2.24) is 9.97 Å². The first-order valence-electron chi connectivity index (χ1n) is 6.83. The van der Waals surface area contributed by atoms with Crippen LogP contribution in [0.2, 0.25) is 10.0 Å². The van der Waals surface area contributed by atoms with Gasteiger partial charge in [0, 0.05) is 21.8 Å². The van der Waals surface area contributed by atoms with Gasteiger partial charge in [0.05, 0.1) is 9.92 Å². The highest BCUT2D eigenvalue weighted by atomic mass is 35.5. The second-order valence-electron chi connectivity index (χ2n) is 4.79. The molecular formula is C16H12Cl2N4OS. The highest BCUT2D eigenvalue weighted by Gasteiger charge is 2.11. The van der Waals surface area contributed by atoms with Crippen molar-refractivity contribution in [2.75, 3.05) is 11.1 Å². The maximum Gasteiger partial charge on any atom is 0.222 e. The largest absolute Gasteiger partial charge is 0.508 e. The predicted octanol–water partition coefficient (Wildman–Crippen LogP) is 4.97. The first-order chi connectivity index (χ1) is 11.5.